The van der Waals surface area contributed by atoms with Crippen molar-refractivity contribution in [3.05, 3.63) is 41.1 Å². The first kappa shape index (κ1) is 25.8. The molecule has 2 saturated carbocycles. The number of benzene rings is 1. The molecule has 36 heavy (non-hydrogen) atoms. The van der Waals surface area contributed by atoms with Crippen LogP contribution in [0.5, 0.6) is 0 Å². The minimum absolute atomic E-state index is 0.187. The van der Waals surface area contributed by atoms with E-state index in [1.165, 1.54) is 22.9 Å². The summed E-state index contributed by atoms with van der Waals surface area (Å²) in [5.74, 6) is 0.383. The van der Waals surface area contributed by atoms with Crippen molar-refractivity contribution in [2.45, 2.75) is 81.8 Å². The van der Waals surface area contributed by atoms with Gasteiger partial charge in [0.1, 0.15) is 4.90 Å². The zero-order valence-corrected chi connectivity index (χ0v) is 21.8. The van der Waals surface area contributed by atoms with Crippen molar-refractivity contribution in [1.29, 1.82) is 0 Å². The third kappa shape index (κ3) is 4.98. The van der Waals surface area contributed by atoms with Crippen molar-refractivity contribution < 1.29 is 26.3 Å². The smallest absolute Gasteiger partial charge is 0.379 e. The summed E-state index contributed by atoms with van der Waals surface area (Å²) in [5.41, 5.74) is 1.33. The Labute approximate surface area is 211 Å². The number of aromatic nitrogens is 1. The molecule has 0 unspecified atom stereocenters. The Morgan fingerprint density at radius 3 is 2.31 bits per heavy atom. The molecule has 3 fully saturated rings. The van der Waals surface area contributed by atoms with Crippen molar-refractivity contribution >= 4 is 10.0 Å². The maximum absolute atomic E-state index is 13.9. The summed E-state index contributed by atoms with van der Waals surface area (Å²) in [4.78, 5) is 0.187. The van der Waals surface area contributed by atoms with Gasteiger partial charge in [-0.05, 0) is 79.3 Å². The molecule has 2 aromatic rings. The van der Waals surface area contributed by atoms with E-state index in [1.807, 2.05) is 17.6 Å². The second-order valence-corrected chi connectivity index (χ2v) is 12.9. The average molecular weight is 525 g/mol. The minimum atomic E-state index is -4.48. The number of nitrogens with zero attached hydrogens (tertiary/aromatic N) is 2. The van der Waals surface area contributed by atoms with Gasteiger partial charge >= 0.3 is 6.18 Å². The third-order valence-electron chi connectivity index (χ3n) is 8.33. The molecule has 3 aliphatic rings. The maximum Gasteiger partial charge on any atom is 0.416 e. The molecule has 0 N–H and O–H groups in total. The van der Waals surface area contributed by atoms with Gasteiger partial charge in [0.2, 0.25) is 10.0 Å². The zero-order valence-electron chi connectivity index (χ0n) is 21.0. The predicted molar refractivity (Wildman–Crippen MR) is 132 cm³/mol. The molecule has 0 radical (unpaired) electrons. The summed E-state index contributed by atoms with van der Waals surface area (Å²) in [6.07, 6.45) is 2.79. The van der Waals surface area contributed by atoms with Gasteiger partial charge < -0.3 is 9.30 Å². The normalized spacial score (nSPS) is 21.6. The van der Waals surface area contributed by atoms with Gasteiger partial charge in [-0.15, -0.1) is 0 Å². The number of ether oxygens (including phenoxy) is 1. The molecule has 0 atom stereocenters. The summed E-state index contributed by atoms with van der Waals surface area (Å²) in [7, 11) is -3.80. The fourth-order valence-corrected chi connectivity index (χ4v) is 7.33. The topological polar surface area (TPSA) is 51.5 Å². The van der Waals surface area contributed by atoms with Crippen molar-refractivity contribution in [1.82, 2.24) is 8.87 Å². The highest BCUT2D eigenvalue weighted by Crippen LogP contribution is 2.50. The molecule has 2 aliphatic carbocycles. The van der Waals surface area contributed by atoms with Crippen LogP contribution in [0.1, 0.15) is 68.7 Å². The number of hydrogen-bond donors (Lipinski definition) is 0. The van der Waals surface area contributed by atoms with Crippen molar-refractivity contribution in [2.75, 3.05) is 26.3 Å². The summed E-state index contributed by atoms with van der Waals surface area (Å²) in [5, 5.41) is 0. The van der Waals surface area contributed by atoms with E-state index in [1.54, 1.807) is 13.0 Å². The standard InChI is InChI=1S/C27H35F3N2O3S/c1-19-25(36(33,34)31-10-12-35-13-11-31)17-24(32(19)18-20-6-4-3-5-7-20)21-14-22(26(2)8-9-26)16-23(15-21)27(28,29)30/h14-17,20H,3-13,18H2,1-2H3. The molecular weight excluding hydrogens is 489 g/mol. The van der Waals surface area contributed by atoms with Crippen LogP contribution in [0.15, 0.2) is 29.2 Å². The van der Waals surface area contributed by atoms with Crippen LogP contribution in [-0.4, -0.2) is 43.6 Å². The van der Waals surface area contributed by atoms with E-state index in [-0.39, 0.29) is 23.4 Å². The lowest BCUT2D eigenvalue weighted by Crippen LogP contribution is -2.40. The van der Waals surface area contributed by atoms with E-state index >= 15 is 0 Å². The Hall–Kier alpha value is -1.84. The fourth-order valence-electron chi connectivity index (χ4n) is 5.67. The quantitative estimate of drug-likeness (QED) is 0.457. The van der Waals surface area contributed by atoms with E-state index in [0.717, 1.165) is 38.5 Å². The second-order valence-electron chi connectivity index (χ2n) is 11.0. The Morgan fingerprint density at radius 1 is 1.03 bits per heavy atom. The van der Waals surface area contributed by atoms with Gasteiger partial charge in [-0.25, -0.2) is 8.42 Å². The summed E-state index contributed by atoms with van der Waals surface area (Å²) < 4.78 is 77.8. The molecule has 9 heteroatoms. The van der Waals surface area contributed by atoms with Crippen LogP contribution in [0.2, 0.25) is 0 Å². The van der Waals surface area contributed by atoms with E-state index in [0.29, 0.717) is 48.2 Å². The van der Waals surface area contributed by atoms with Gasteiger partial charge in [0.05, 0.1) is 18.8 Å². The van der Waals surface area contributed by atoms with Gasteiger partial charge in [-0.2, -0.15) is 17.5 Å². The highest BCUT2D eigenvalue weighted by molar-refractivity contribution is 7.89. The lowest BCUT2D eigenvalue weighted by atomic mass is 9.89. The van der Waals surface area contributed by atoms with Crippen LogP contribution in [0.25, 0.3) is 11.3 Å². The molecule has 198 valence electrons. The highest BCUT2D eigenvalue weighted by atomic mass is 32.2. The Bertz CT molecular complexity index is 1200. The van der Waals surface area contributed by atoms with E-state index in [4.69, 9.17) is 4.74 Å². The number of rotatable bonds is 6. The Kier molecular flexibility index (Phi) is 6.79. The molecule has 1 aromatic heterocycles. The van der Waals surface area contributed by atoms with E-state index < -0.39 is 21.8 Å². The molecule has 1 aliphatic heterocycles. The molecule has 2 heterocycles. The molecule has 5 rings (SSSR count). The van der Waals surface area contributed by atoms with Crippen molar-refractivity contribution in [3.63, 3.8) is 0 Å². The number of alkyl halides is 3. The van der Waals surface area contributed by atoms with Gasteiger partial charge in [-0.1, -0.05) is 26.2 Å². The largest absolute Gasteiger partial charge is 0.416 e. The van der Waals surface area contributed by atoms with Crippen LogP contribution in [0.4, 0.5) is 13.2 Å². The van der Waals surface area contributed by atoms with Crippen molar-refractivity contribution in [2.24, 2.45) is 5.92 Å². The van der Waals surface area contributed by atoms with Crippen LogP contribution in [0.3, 0.4) is 0 Å². The molecule has 0 amide bonds. The molecule has 1 aromatic carbocycles. The highest BCUT2D eigenvalue weighted by Gasteiger charge is 2.42. The molecule has 5 nitrogen and oxygen atoms in total. The van der Waals surface area contributed by atoms with Gasteiger partial charge in [-0.3, -0.25) is 0 Å². The van der Waals surface area contributed by atoms with Crippen LogP contribution >= 0.6 is 0 Å². The van der Waals surface area contributed by atoms with Gasteiger partial charge in [0.25, 0.3) is 0 Å². The lowest BCUT2D eigenvalue weighted by Gasteiger charge is -2.26. The van der Waals surface area contributed by atoms with Gasteiger partial charge in [0.15, 0.2) is 0 Å². The number of sulfonamides is 1. The first-order valence-corrected chi connectivity index (χ1v) is 14.4. The maximum atomic E-state index is 13.9. The Balaban J connectivity index is 1.65. The average Bonchev–Trinajstić information content (AvgIpc) is 3.53. The SMILES string of the molecule is Cc1c(S(=O)(=O)N2CCOCC2)cc(-c2cc(C(F)(F)F)cc(C3(C)CC3)c2)n1CC1CCCCC1. The number of morpholine rings is 1. The fraction of sp³-hybridized carbons (Fsp3) is 0.630. The van der Waals surface area contributed by atoms with E-state index in [9.17, 15) is 21.6 Å². The minimum Gasteiger partial charge on any atom is -0.379 e. The van der Waals surface area contributed by atoms with Crippen molar-refractivity contribution in [3.8, 4) is 11.3 Å². The molecule has 1 saturated heterocycles. The van der Waals surface area contributed by atoms with E-state index in [2.05, 4.69) is 0 Å². The van der Waals surface area contributed by atoms with Gasteiger partial charge in [0, 0.05) is 31.0 Å². The summed E-state index contributed by atoms with van der Waals surface area (Å²) >= 11 is 0. The van der Waals surface area contributed by atoms with Crippen LogP contribution in [-0.2, 0) is 32.9 Å². The first-order chi connectivity index (χ1) is 17.0. The number of halogens is 3. The summed E-state index contributed by atoms with van der Waals surface area (Å²) in [6, 6.07) is 5.91. The molecule has 0 spiro atoms. The molecule has 0 bridgehead atoms. The predicted octanol–water partition coefficient (Wildman–Crippen LogP) is 6.14. The first-order valence-electron chi connectivity index (χ1n) is 13.0. The molecular formula is C27H35F3N2O3S. The lowest BCUT2D eigenvalue weighted by molar-refractivity contribution is -0.137. The zero-order chi connectivity index (χ0) is 25.7. The Morgan fingerprint density at radius 2 is 1.69 bits per heavy atom. The second kappa shape index (κ2) is 9.48. The third-order valence-corrected chi connectivity index (χ3v) is 10.3. The summed E-state index contributed by atoms with van der Waals surface area (Å²) in [6.45, 7) is 5.62. The van der Waals surface area contributed by atoms with Crippen LogP contribution < -0.4 is 0 Å². The number of hydrogen-bond acceptors (Lipinski definition) is 3. The monoisotopic (exact) mass is 524 g/mol. The van der Waals surface area contributed by atoms with Crippen LogP contribution in [0, 0.1) is 12.8 Å².